The first-order valence-electron chi connectivity index (χ1n) is 3.04. The number of hydrogen-bond donors (Lipinski definition) is 2. The van der Waals surface area contributed by atoms with Gasteiger partial charge in [0, 0.05) is 12.8 Å². The minimum absolute atomic E-state index is 0.383. The summed E-state index contributed by atoms with van der Waals surface area (Å²) in [5.41, 5.74) is 0. The van der Waals surface area contributed by atoms with Crippen molar-refractivity contribution < 1.29 is 10.0 Å². The Morgan fingerprint density at radius 3 is 2.60 bits per heavy atom. The molecule has 1 atom stereocenters. The Morgan fingerprint density at radius 2 is 2.30 bits per heavy atom. The molecule has 0 amide bonds. The Morgan fingerprint density at radius 1 is 1.60 bits per heavy atom. The lowest BCUT2D eigenvalue weighted by atomic mass is 9.59. The fourth-order valence-electron chi connectivity index (χ4n) is 0.677. The zero-order chi connectivity index (χ0) is 7.61. The highest BCUT2D eigenvalue weighted by atomic mass is 16.4. The van der Waals surface area contributed by atoms with Crippen molar-refractivity contribution in [1.82, 2.24) is 0 Å². The molecule has 0 aromatic rings. The smallest absolute Gasteiger partial charge is 0.426 e. The molecular weight excluding hydrogens is 131 g/mol. The fraction of sp³-hybridized carbons (Fsp3) is 0.600. The Balaban J connectivity index is 2.70. The van der Waals surface area contributed by atoms with Gasteiger partial charge in [0.2, 0.25) is 0 Å². The summed E-state index contributed by atoms with van der Waals surface area (Å²) in [5.74, 6) is 0. The van der Waals surface area contributed by atoms with Crippen LogP contribution in [0.4, 0.5) is 0 Å². The molecule has 1 rings (SSSR count). The summed E-state index contributed by atoms with van der Waals surface area (Å²) in [6.45, 7) is 2.08. The largest absolute Gasteiger partial charge is 0.465 e. The molecule has 0 saturated heterocycles. The summed E-state index contributed by atoms with van der Waals surface area (Å²) in [7, 11) is -1.38. The molecule has 1 aliphatic heterocycles. The summed E-state index contributed by atoms with van der Waals surface area (Å²) in [4.78, 5) is 7.52. The van der Waals surface area contributed by atoms with Crippen LogP contribution in [0.15, 0.2) is 9.98 Å². The predicted octanol–water partition coefficient (Wildman–Crippen LogP) is -0.668. The Labute approximate surface area is 59.5 Å². The molecule has 10 heavy (non-hydrogen) atoms. The molecule has 0 bridgehead atoms. The van der Waals surface area contributed by atoms with Crippen molar-refractivity contribution in [1.29, 1.82) is 0 Å². The molecule has 0 saturated carbocycles. The lowest BCUT2D eigenvalue weighted by molar-refractivity contribution is 0.375. The molecule has 0 radical (unpaired) electrons. The first-order valence-corrected chi connectivity index (χ1v) is 3.04. The lowest BCUT2D eigenvalue weighted by Gasteiger charge is -2.22. The molecule has 0 aromatic carbocycles. The van der Waals surface area contributed by atoms with Crippen LogP contribution in [0.5, 0.6) is 0 Å². The van der Waals surface area contributed by atoms with Gasteiger partial charge in [0.25, 0.3) is 0 Å². The first-order chi connectivity index (χ1) is 4.65. The van der Waals surface area contributed by atoms with Crippen molar-refractivity contribution in [2.75, 3.05) is 6.54 Å². The summed E-state index contributed by atoms with van der Waals surface area (Å²) >= 11 is 0. The first kappa shape index (κ1) is 7.43. The minimum atomic E-state index is -1.38. The van der Waals surface area contributed by atoms with Gasteiger partial charge < -0.3 is 10.0 Å². The molecule has 54 valence electrons. The zero-order valence-corrected chi connectivity index (χ0v) is 5.73. The lowest BCUT2D eigenvalue weighted by Crippen LogP contribution is -2.35. The standard InChI is InChI=1S/C5H9BN2O2/c1-5(6(9)10)2-7-4-8-3-5/h2,4,9-10H,3H2,1H3. The highest BCUT2D eigenvalue weighted by Gasteiger charge is 2.36. The predicted molar refractivity (Wildman–Crippen MR) is 40.4 cm³/mol. The van der Waals surface area contributed by atoms with E-state index in [2.05, 4.69) is 9.98 Å². The van der Waals surface area contributed by atoms with E-state index in [9.17, 15) is 0 Å². The summed E-state index contributed by atoms with van der Waals surface area (Å²) in [5, 5.41) is 17.0. The van der Waals surface area contributed by atoms with Gasteiger partial charge in [-0.25, -0.2) is 4.99 Å². The van der Waals surface area contributed by atoms with E-state index in [0.717, 1.165) is 0 Å². The Hall–Kier alpha value is -0.675. The van der Waals surface area contributed by atoms with E-state index in [0.29, 0.717) is 6.54 Å². The number of nitrogens with zero attached hydrogens (tertiary/aromatic N) is 2. The van der Waals surface area contributed by atoms with E-state index in [1.54, 1.807) is 6.92 Å². The highest BCUT2D eigenvalue weighted by molar-refractivity contribution is 6.51. The summed E-state index contributed by atoms with van der Waals surface area (Å²) < 4.78 is 0. The molecule has 0 fully saturated rings. The van der Waals surface area contributed by atoms with E-state index in [4.69, 9.17) is 10.0 Å². The molecule has 0 spiro atoms. The van der Waals surface area contributed by atoms with Crippen molar-refractivity contribution in [2.24, 2.45) is 9.98 Å². The third kappa shape index (κ3) is 1.25. The average Bonchev–Trinajstić information content (AvgIpc) is 1.89. The van der Waals surface area contributed by atoms with Gasteiger partial charge in [0.1, 0.15) is 6.34 Å². The molecule has 0 aromatic heterocycles. The molecule has 5 heteroatoms. The zero-order valence-electron chi connectivity index (χ0n) is 5.73. The van der Waals surface area contributed by atoms with Crippen LogP contribution in [0.1, 0.15) is 6.92 Å². The minimum Gasteiger partial charge on any atom is -0.426 e. The van der Waals surface area contributed by atoms with Crippen LogP contribution in [0.2, 0.25) is 5.31 Å². The molecule has 2 N–H and O–H groups in total. The van der Waals surface area contributed by atoms with Crippen molar-refractivity contribution >= 4 is 19.7 Å². The Kier molecular flexibility index (Phi) is 1.87. The SMILES string of the molecule is CC1(B(O)O)C=NC=NC1. The molecule has 1 heterocycles. The second-order valence-electron chi connectivity index (χ2n) is 2.61. The maximum Gasteiger partial charge on any atom is 0.465 e. The van der Waals surface area contributed by atoms with Crippen LogP contribution in [0.25, 0.3) is 0 Å². The van der Waals surface area contributed by atoms with Crippen LogP contribution < -0.4 is 0 Å². The van der Waals surface area contributed by atoms with Gasteiger partial charge in [-0.05, 0) is 0 Å². The normalized spacial score (nSPS) is 30.7. The van der Waals surface area contributed by atoms with Gasteiger partial charge in [-0.1, -0.05) is 6.92 Å². The van der Waals surface area contributed by atoms with E-state index in [1.165, 1.54) is 12.6 Å². The molecule has 1 aliphatic rings. The maximum absolute atomic E-state index is 8.83. The molecular formula is C5H9BN2O2. The number of rotatable bonds is 1. The van der Waals surface area contributed by atoms with Crippen molar-refractivity contribution in [3.8, 4) is 0 Å². The fourth-order valence-corrected chi connectivity index (χ4v) is 0.677. The van der Waals surface area contributed by atoms with Gasteiger partial charge in [0.15, 0.2) is 0 Å². The van der Waals surface area contributed by atoms with E-state index in [-0.39, 0.29) is 0 Å². The van der Waals surface area contributed by atoms with Gasteiger partial charge >= 0.3 is 7.12 Å². The van der Waals surface area contributed by atoms with Gasteiger partial charge in [-0.3, -0.25) is 4.99 Å². The van der Waals surface area contributed by atoms with Crippen molar-refractivity contribution in [3.63, 3.8) is 0 Å². The second-order valence-corrected chi connectivity index (χ2v) is 2.61. The topological polar surface area (TPSA) is 65.2 Å². The van der Waals surface area contributed by atoms with Crippen LogP contribution >= 0.6 is 0 Å². The summed E-state index contributed by atoms with van der Waals surface area (Å²) in [6, 6.07) is 0. The molecule has 0 aliphatic carbocycles. The Bertz CT molecular complexity index is 180. The third-order valence-electron chi connectivity index (χ3n) is 1.54. The third-order valence-corrected chi connectivity index (χ3v) is 1.54. The van der Waals surface area contributed by atoms with Crippen LogP contribution in [0, 0.1) is 0 Å². The van der Waals surface area contributed by atoms with Crippen LogP contribution in [-0.2, 0) is 0 Å². The van der Waals surface area contributed by atoms with Crippen LogP contribution in [-0.4, -0.2) is 36.3 Å². The number of hydrogen-bond acceptors (Lipinski definition) is 4. The summed E-state index contributed by atoms with van der Waals surface area (Å²) in [6.07, 6.45) is 2.91. The average molecular weight is 140 g/mol. The van der Waals surface area contributed by atoms with E-state index >= 15 is 0 Å². The van der Waals surface area contributed by atoms with Gasteiger partial charge in [-0.15, -0.1) is 0 Å². The number of aliphatic imine (C=N–C) groups is 2. The van der Waals surface area contributed by atoms with E-state index < -0.39 is 12.4 Å². The van der Waals surface area contributed by atoms with Gasteiger partial charge in [-0.2, -0.15) is 0 Å². The van der Waals surface area contributed by atoms with Gasteiger partial charge in [0.05, 0.1) is 5.31 Å². The monoisotopic (exact) mass is 140 g/mol. The molecule has 1 unspecified atom stereocenters. The quantitative estimate of drug-likeness (QED) is 0.474. The van der Waals surface area contributed by atoms with Crippen molar-refractivity contribution in [3.05, 3.63) is 0 Å². The second kappa shape index (κ2) is 2.52. The molecule has 4 nitrogen and oxygen atoms in total. The van der Waals surface area contributed by atoms with Crippen LogP contribution in [0.3, 0.4) is 0 Å². The van der Waals surface area contributed by atoms with E-state index in [1.807, 2.05) is 0 Å². The van der Waals surface area contributed by atoms with Crippen molar-refractivity contribution in [2.45, 2.75) is 12.2 Å². The maximum atomic E-state index is 8.83. The highest BCUT2D eigenvalue weighted by Crippen LogP contribution is 2.25.